The van der Waals surface area contributed by atoms with Gasteiger partial charge in [-0.25, -0.2) is 0 Å². The summed E-state index contributed by atoms with van der Waals surface area (Å²) >= 11 is 0. The van der Waals surface area contributed by atoms with Crippen LogP contribution in [-0.2, 0) is 14.2 Å². The monoisotopic (exact) mass is 384 g/mol. The molecule has 11 nitrogen and oxygen atoms in total. The fourth-order valence-electron chi connectivity index (χ4n) is 3.19. The van der Waals surface area contributed by atoms with E-state index in [1.54, 1.807) is 0 Å². The summed E-state index contributed by atoms with van der Waals surface area (Å²) in [4.78, 5) is 0. The lowest BCUT2D eigenvalue weighted by Crippen LogP contribution is -2.56. The molecule has 26 heavy (non-hydrogen) atoms. The van der Waals surface area contributed by atoms with Gasteiger partial charge in [0.2, 0.25) is 0 Å². The van der Waals surface area contributed by atoms with Gasteiger partial charge in [-0.05, 0) is 0 Å². The first-order valence-electron chi connectivity index (χ1n) is 8.48. The quantitative estimate of drug-likeness (QED) is 0.219. The molecule has 10 unspecified atom stereocenters. The topological polar surface area (TPSA) is 190 Å². The molecule has 0 aromatic rings. The lowest BCUT2D eigenvalue weighted by molar-refractivity contribution is -0.280. The first-order valence-corrected chi connectivity index (χ1v) is 8.48. The van der Waals surface area contributed by atoms with Crippen molar-refractivity contribution in [1.29, 1.82) is 0 Å². The first-order chi connectivity index (χ1) is 12.3. The van der Waals surface area contributed by atoms with Crippen molar-refractivity contribution in [3.05, 3.63) is 0 Å². The van der Waals surface area contributed by atoms with Crippen LogP contribution in [0.25, 0.3) is 0 Å². The Labute approximate surface area is 150 Å². The second-order valence-corrected chi connectivity index (χ2v) is 6.69. The fourth-order valence-corrected chi connectivity index (χ4v) is 3.19. The lowest BCUT2D eigenvalue weighted by Gasteiger charge is -2.40. The number of hydrogen-bond acceptors (Lipinski definition) is 11. The Morgan fingerprint density at radius 3 is 1.96 bits per heavy atom. The molecule has 0 radical (unpaired) electrons. The minimum atomic E-state index is -1.63. The highest BCUT2D eigenvalue weighted by molar-refractivity contribution is 4.89. The van der Waals surface area contributed by atoms with Crippen LogP contribution >= 0.6 is 0 Å². The summed E-state index contributed by atoms with van der Waals surface area (Å²) in [5.74, 6) is -0.842. The molecule has 154 valence electrons. The molecule has 2 rings (SSSR count). The Bertz CT molecular complexity index is 422. The highest BCUT2D eigenvalue weighted by Crippen LogP contribution is 2.26. The van der Waals surface area contributed by atoms with E-state index in [1.807, 2.05) is 0 Å². The zero-order chi connectivity index (χ0) is 19.4. The summed E-state index contributed by atoms with van der Waals surface area (Å²) in [5, 5.41) is 77.4. The third kappa shape index (κ3) is 4.88. The van der Waals surface area contributed by atoms with Crippen LogP contribution in [0.1, 0.15) is 6.42 Å². The van der Waals surface area contributed by atoms with Gasteiger partial charge >= 0.3 is 0 Å². The van der Waals surface area contributed by atoms with Gasteiger partial charge in [0.25, 0.3) is 0 Å². The van der Waals surface area contributed by atoms with Gasteiger partial charge in [-0.15, -0.1) is 0 Å². The summed E-state index contributed by atoms with van der Waals surface area (Å²) in [6.45, 7) is -1.45. The van der Waals surface area contributed by atoms with Crippen LogP contribution in [0, 0.1) is 5.92 Å². The van der Waals surface area contributed by atoms with Crippen molar-refractivity contribution >= 4 is 0 Å². The van der Waals surface area contributed by atoms with Crippen molar-refractivity contribution in [2.75, 3.05) is 26.4 Å². The SMILES string of the molecule is OCC1OC(COCC2C(CO)OC(O)C(O)C2O)C(O)CC(O)C1O. The van der Waals surface area contributed by atoms with Gasteiger partial charge in [-0.1, -0.05) is 0 Å². The standard InChI is InChI=1S/C15H28O11/c16-2-9-6(12(20)14(22)15(23)26-9)4-24-5-11-7(18)1-8(19)13(21)10(3-17)25-11/h6-23H,1-5H2. The van der Waals surface area contributed by atoms with E-state index in [4.69, 9.17) is 14.2 Å². The molecule has 0 aliphatic carbocycles. The average Bonchev–Trinajstić information content (AvgIpc) is 2.72. The maximum atomic E-state index is 10.1. The second kappa shape index (κ2) is 9.66. The van der Waals surface area contributed by atoms with Gasteiger partial charge in [0.1, 0.15) is 24.4 Å². The minimum absolute atomic E-state index is 0.176. The third-order valence-corrected chi connectivity index (χ3v) is 4.86. The molecule has 11 heteroatoms. The molecule has 2 aliphatic rings. The lowest BCUT2D eigenvalue weighted by atomic mass is 9.90. The zero-order valence-corrected chi connectivity index (χ0v) is 14.1. The number of aliphatic hydroxyl groups excluding tert-OH is 8. The average molecular weight is 384 g/mol. The minimum Gasteiger partial charge on any atom is -0.394 e. The molecule has 2 saturated heterocycles. The van der Waals surface area contributed by atoms with E-state index >= 15 is 0 Å². The van der Waals surface area contributed by atoms with Crippen LogP contribution in [0.5, 0.6) is 0 Å². The summed E-state index contributed by atoms with van der Waals surface area (Å²) in [6.07, 6.45) is -11.6. The molecule has 0 spiro atoms. The van der Waals surface area contributed by atoms with E-state index in [0.717, 1.165) is 0 Å². The largest absolute Gasteiger partial charge is 0.394 e. The Kier molecular flexibility index (Phi) is 8.12. The summed E-state index contributed by atoms with van der Waals surface area (Å²) in [6, 6.07) is 0. The molecule has 0 amide bonds. The van der Waals surface area contributed by atoms with Crippen molar-refractivity contribution < 1.29 is 55.1 Å². The second-order valence-electron chi connectivity index (χ2n) is 6.69. The van der Waals surface area contributed by atoms with Crippen LogP contribution in [0.3, 0.4) is 0 Å². The van der Waals surface area contributed by atoms with Crippen LogP contribution in [-0.4, -0.2) is 122 Å². The van der Waals surface area contributed by atoms with Crippen molar-refractivity contribution in [3.63, 3.8) is 0 Å². The highest BCUT2D eigenvalue weighted by atomic mass is 16.6. The van der Waals surface area contributed by atoms with Crippen LogP contribution in [0.15, 0.2) is 0 Å². The summed E-state index contributed by atoms with van der Waals surface area (Å²) in [7, 11) is 0. The van der Waals surface area contributed by atoms with Crippen molar-refractivity contribution in [1.82, 2.24) is 0 Å². The summed E-state index contributed by atoms with van der Waals surface area (Å²) in [5.41, 5.74) is 0. The Morgan fingerprint density at radius 2 is 1.35 bits per heavy atom. The summed E-state index contributed by atoms with van der Waals surface area (Å²) < 4.78 is 15.8. The van der Waals surface area contributed by atoms with Crippen molar-refractivity contribution in [3.8, 4) is 0 Å². The van der Waals surface area contributed by atoms with Gasteiger partial charge in [-0.2, -0.15) is 0 Å². The number of ether oxygens (including phenoxy) is 3. The molecule has 2 aliphatic heterocycles. The Morgan fingerprint density at radius 1 is 0.692 bits per heavy atom. The highest BCUT2D eigenvalue weighted by Gasteiger charge is 2.44. The smallest absolute Gasteiger partial charge is 0.183 e. The van der Waals surface area contributed by atoms with E-state index in [9.17, 15) is 40.9 Å². The van der Waals surface area contributed by atoms with Crippen LogP contribution < -0.4 is 0 Å². The molecular weight excluding hydrogens is 356 g/mol. The maximum absolute atomic E-state index is 10.1. The maximum Gasteiger partial charge on any atom is 0.183 e. The Balaban J connectivity index is 1.92. The van der Waals surface area contributed by atoms with Crippen molar-refractivity contribution in [2.24, 2.45) is 5.92 Å². The number of hydrogen-bond donors (Lipinski definition) is 8. The molecule has 0 aromatic carbocycles. The fraction of sp³-hybridized carbons (Fsp3) is 1.00. The molecule has 8 N–H and O–H groups in total. The molecule has 10 atom stereocenters. The van der Waals surface area contributed by atoms with Gasteiger partial charge < -0.3 is 55.1 Å². The predicted molar refractivity (Wildman–Crippen MR) is 82.7 cm³/mol. The van der Waals surface area contributed by atoms with Gasteiger partial charge in [0, 0.05) is 12.3 Å². The molecule has 0 aromatic heterocycles. The van der Waals surface area contributed by atoms with E-state index < -0.39 is 74.3 Å². The molecule has 0 saturated carbocycles. The van der Waals surface area contributed by atoms with Crippen molar-refractivity contribution in [2.45, 2.75) is 61.5 Å². The molecule has 2 fully saturated rings. The van der Waals surface area contributed by atoms with Gasteiger partial charge in [-0.3, -0.25) is 0 Å². The molecular formula is C15H28O11. The molecule has 2 heterocycles. The Hall–Kier alpha value is -0.440. The van der Waals surface area contributed by atoms with Gasteiger partial charge in [0.15, 0.2) is 6.29 Å². The molecule has 0 bridgehead atoms. The predicted octanol–water partition coefficient (Wildman–Crippen LogP) is -4.72. The van der Waals surface area contributed by atoms with E-state index in [2.05, 4.69) is 0 Å². The van der Waals surface area contributed by atoms with E-state index in [0.29, 0.717) is 0 Å². The van der Waals surface area contributed by atoms with E-state index in [1.165, 1.54) is 0 Å². The first kappa shape index (κ1) is 21.9. The van der Waals surface area contributed by atoms with E-state index in [-0.39, 0.29) is 19.6 Å². The van der Waals surface area contributed by atoms with Gasteiger partial charge in [0.05, 0.1) is 50.8 Å². The van der Waals surface area contributed by atoms with Crippen LogP contribution in [0.4, 0.5) is 0 Å². The zero-order valence-electron chi connectivity index (χ0n) is 14.1. The normalized spacial score (nSPS) is 47.5. The van der Waals surface area contributed by atoms with Crippen LogP contribution in [0.2, 0.25) is 0 Å². The number of aliphatic hydroxyl groups is 8. The number of rotatable bonds is 6. The third-order valence-electron chi connectivity index (χ3n) is 4.86.